The van der Waals surface area contributed by atoms with E-state index in [0.717, 1.165) is 44.8 Å². The van der Waals surface area contributed by atoms with Crippen LogP contribution in [0, 0.1) is 6.92 Å². The quantitative estimate of drug-likeness (QED) is 0.804. The highest BCUT2D eigenvalue weighted by atomic mass is 32.1. The van der Waals surface area contributed by atoms with Crippen LogP contribution in [0.25, 0.3) is 21.3 Å². The maximum atomic E-state index is 6.21. The number of rotatable bonds is 3. The van der Waals surface area contributed by atoms with Crippen molar-refractivity contribution in [2.24, 2.45) is 5.73 Å². The van der Waals surface area contributed by atoms with Crippen LogP contribution in [-0.4, -0.2) is 19.9 Å². The minimum atomic E-state index is -0.171. The molecule has 1 fully saturated rings. The van der Waals surface area contributed by atoms with Gasteiger partial charge in [0.15, 0.2) is 0 Å². The van der Waals surface area contributed by atoms with Crippen LogP contribution in [0.4, 0.5) is 0 Å². The lowest BCUT2D eigenvalue weighted by atomic mass is 10.3. The number of aromatic nitrogens is 4. The van der Waals surface area contributed by atoms with E-state index in [1.54, 1.807) is 41.3 Å². The predicted molar refractivity (Wildman–Crippen MR) is 84.1 cm³/mol. The van der Waals surface area contributed by atoms with Crippen molar-refractivity contribution in [3.8, 4) is 21.3 Å². The highest BCUT2D eigenvalue weighted by Crippen LogP contribution is 2.45. The third-order valence-electron chi connectivity index (χ3n) is 3.53. The largest absolute Gasteiger partial charge is 0.319 e. The Morgan fingerprint density at radius 3 is 2.76 bits per heavy atom. The minimum absolute atomic E-state index is 0.171. The SMILES string of the molecule is Cc1nc(-c2cnccn2)sc1-c1csc(C2(N)CC2)n1. The molecule has 5 nitrogen and oxygen atoms in total. The van der Waals surface area contributed by atoms with Crippen molar-refractivity contribution in [1.29, 1.82) is 0 Å². The van der Waals surface area contributed by atoms with Crippen LogP contribution in [0.15, 0.2) is 24.0 Å². The maximum absolute atomic E-state index is 6.21. The molecule has 7 heteroatoms. The topological polar surface area (TPSA) is 77.6 Å². The van der Waals surface area contributed by atoms with Gasteiger partial charge in [0.05, 0.1) is 28.0 Å². The Kier molecular flexibility index (Phi) is 2.88. The number of hydrogen-bond acceptors (Lipinski definition) is 7. The monoisotopic (exact) mass is 315 g/mol. The van der Waals surface area contributed by atoms with E-state index in [-0.39, 0.29) is 5.54 Å². The third kappa shape index (κ3) is 2.27. The Morgan fingerprint density at radius 2 is 2.05 bits per heavy atom. The van der Waals surface area contributed by atoms with Gasteiger partial charge in [-0.1, -0.05) is 0 Å². The van der Waals surface area contributed by atoms with Gasteiger partial charge < -0.3 is 5.73 Å². The molecule has 0 saturated heterocycles. The highest BCUT2D eigenvalue weighted by molar-refractivity contribution is 7.19. The lowest BCUT2D eigenvalue weighted by molar-refractivity contribution is 0.732. The van der Waals surface area contributed by atoms with E-state index < -0.39 is 0 Å². The van der Waals surface area contributed by atoms with Gasteiger partial charge in [-0.3, -0.25) is 9.97 Å². The van der Waals surface area contributed by atoms with E-state index in [1.165, 1.54) is 0 Å². The average Bonchev–Trinajstić information content (AvgIpc) is 2.93. The van der Waals surface area contributed by atoms with Gasteiger partial charge >= 0.3 is 0 Å². The van der Waals surface area contributed by atoms with Crippen molar-refractivity contribution in [1.82, 2.24) is 19.9 Å². The fourth-order valence-electron chi connectivity index (χ4n) is 2.11. The molecule has 4 rings (SSSR count). The van der Waals surface area contributed by atoms with Crippen LogP contribution >= 0.6 is 22.7 Å². The molecule has 0 amide bonds. The van der Waals surface area contributed by atoms with Crippen molar-refractivity contribution in [2.75, 3.05) is 0 Å². The number of hydrogen-bond donors (Lipinski definition) is 1. The van der Waals surface area contributed by atoms with Crippen LogP contribution in [0.3, 0.4) is 0 Å². The van der Waals surface area contributed by atoms with E-state index in [1.807, 2.05) is 6.92 Å². The minimum Gasteiger partial charge on any atom is -0.319 e. The number of thiazole rings is 2. The molecule has 2 N–H and O–H groups in total. The molecule has 0 spiro atoms. The van der Waals surface area contributed by atoms with E-state index in [2.05, 4.69) is 20.3 Å². The maximum Gasteiger partial charge on any atom is 0.144 e. The molecule has 1 aliphatic carbocycles. The molecule has 21 heavy (non-hydrogen) atoms. The molecule has 3 heterocycles. The molecule has 3 aromatic heterocycles. The molecular weight excluding hydrogens is 302 g/mol. The lowest BCUT2D eigenvalue weighted by Gasteiger charge is -2.01. The van der Waals surface area contributed by atoms with Crippen molar-refractivity contribution in [2.45, 2.75) is 25.3 Å². The van der Waals surface area contributed by atoms with Crippen LogP contribution < -0.4 is 5.73 Å². The number of nitrogens with zero attached hydrogens (tertiary/aromatic N) is 4. The van der Waals surface area contributed by atoms with Gasteiger partial charge in [-0.15, -0.1) is 22.7 Å². The van der Waals surface area contributed by atoms with Gasteiger partial charge in [-0.05, 0) is 19.8 Å². The summed E-state index contributed by atoms with van der Waals surface area (Å²) >= 11 is 3.24. The summed E-state index contributed by atoms with van der Waals surface area (Å²) in [4.78, 5) is 18.8. The normalized spacial score (nSPS) is 16.1. The van der Waals surface area contributed by atoms with Crippen molar-refractivity contribution >= 4 is 22.7 Å². The zero-order valence-electron chi connectivity index (χ0n) is 11.4. The standard InChI is InChI=1S/C14H13N5S2/c1-8-11(10-7-20-13(19-10)14(15)2-3-14)21-12(18-8)9-6-16-4-5-17-9/h4-7H,2-3,15H2,1H3. The zero-order chi connectivity index (χ0) is 14.4. The molecular formula is C14H13N5S2. The Balaban J connectivity index is 1.72. The van der Waals surface area contributed by atoms with Crippen molar-refractivity contribution in [3.05, 3.63) is 34.7 Å². The average molecular weight is 315 g/mol. The summed E-state index contributed by atoms with van der Waals surface area (Å²) in [5.74, 6) is 0. The molecule has 1 saturated carbocycles. The smallest absolute Gasteiger partial charge is 0.144 e. The second-order valence-corrected chi connectivity index (χ2v) is 7.08. The Morgan fingerprint density at radius 1 is 1.19 bits per heavy atom. The Bertz CT molecular complexity index is 789. The van der Waals surface area contributed by atoms with Crippen LogP contribution in [-0.2, 0) is 5.54 Å². The molecule has 0 aromatic carbocycles. The zero-order valence-corrected chi connectivity index (χ0v) is 13.0. The first-order chi connectivity index (χ1) is 10.2. The molecule has 0 bridgehead atoms. The second-order valence-electron chi connectivity index (χ2n) is 5.22. The molecule has 1 aliphatic rings. The molecule has 0 unspecified atom stereocenters. The summed E-state index contributed by atoms with van der Waals surface area (Å²) in [7, 11) is 0. The highest BCUT2D eigenvalue weighted by Gasteiger charge is 2.43. The summed E-state index contributed by atoms with van der Waals surface area (Å²) in [5, 5.41) is 3.98. The van der Waals surface area contributed by atoms with Gasteiger partial charge in [0, 0.05) is 17.8 Å². The fourth-order valence-corrected chi connectivity index (χ4v) is 4.16. The van der Waals surface area contributed by atoms with E-state index in [9.17, 15) is 0 Å². The van der Waals surface area contributed by atoms with E-state index in [0.29, 0.717) is 0 Å². The first-order valence-corrected chi connectivity index (χ1v) is 8.34. The van der Waals surface area contributed by atoms with Gasteiger partial charge in [0.1, 0.15) is 15.7 Å². The third-order valence-corrected chi connectivity index (χ3v) is 5.79. The number of aryl methyl sites for hydroxylation is 1. The molecule has 0 radical (unpaired) electrons. The molecule has 3 aromatic rings. The van der Waals surface area contributed by atoms with Crippen molar-refractivity contribution < 1.29 is 0 Å². The van der Waals surface area contributed by atoms with Gasteiger partial charge in [0.2, 0.25) is 0 Å². The first-order valence-electron chi connectivity index (χ1n) is 6.65. The molecule has 106 valence electrons. The van der Waals surface area contributed by atoms with Gasteiger partial charge in [-0.25, -0.2) is 9.97 Å². The molecule has 0 aliphatic heterocycles. The van der Waals surface area contributed by atoms with E-state index in [4.69, 9.17) is 10.7 Å². The van der Waals surface area contributed by atoms with Gasteiger partial charge in [-0.2, -0.15) is 0 Å². The second kappa shape index (κ2) is 4.66. The summed E-state index contributed by atoms with van der Waals surface area (Å²) < 4.78 is 0. The van der Waals surface area contributed by atoms with Crippen LogP contribution in [0.1, 0.15) is 23.5 Å². The Hall–Kier alpha value is -1.70. The summed E-state index contributed by atoms with van der Waals surface area (Å²) in [5.41, 5.74) is 8.78. The number of nitrogens with two attached hydrogens (primary N) is 1. The van der Waals surface area contributed by atoms with Crippen molar-refractivity contribution in [3.63, 3.8) is 0 Å². The summed E-state index contributed by atoms with van der Waals surface area (Å²) in [6, 6.07) is 0. The summed E-state index contributed by atoms with van der Waals surface area (Å²) in [6.45, 7) is 2.00. The lowest BCUT2D eigenvalue weighted by Crippen LogP contribution is -2.18. The van der Waals surface area contributed by atoms with Crippen LogP contribution in [0.2, 0.25) is 0 Å². The first kappa shape index (κ1) is 13.0. The van der Waals surface area contributed by atoms with Crippen LogP contribution in [0.5, 0.6) is 0 Å². The summed E-state index contributed by atoms with van der Waals surface area (Å²) in [6.07, 6.45) is 7.14. The van der Waals surface area contributed by atoms with E-state index >= 15 is 0 Å². The predicted octanol–water partition coefficient (Wildman–Crippen LogP) is 2.98. The molecule has 0 atom stereocenters. The van der Waals surface area contributed by atoms with Gasteiger partial charge in [0.25, 0.3) is 0 Å². The fraction of sp³-hybridized carbons (Fsp3) is 0.286. The Labute approximate surface area is 129 Å².